The average molecular weight is 197 g/mol. The fraction of sp³-hybridized carbons (Fsp3) is 0.556. The maximum Gasteiger partial charge on any atom is 0.325 e. The maximum absolute atomic E-state index is 11.0. The van der Waals surface area contributed by atoms with Crippen molar-refractivity contribution in [3.63, 3.8) is 0 Å². The van der Waals surface area contributed by atoms with Crippen molar-refractivity contribution in [2.24, 2.45) is 7.05 Å². The highest BCUT2D eigenvalue weighted by Gasteiger charge is 2.25. The van der Waals surface area contributed by atoms with Gasteiger partial charge in [0, 0.05) is 18.8 Å². The zero-order valence-corrected chi connectivity index (χ0v) is 8.85. The van der Waals surface area contributed by atoms with Crippen LogP contribution in [0.5, 0.6) is 0 Å². The van der Waals surface area contributed by atoms with Gasteiger partial charge in [-0.1, -0.05) is 0 Å². The number of nitrogens with zero attached hydrogens (tertiary/aromatic N) is 3. The van der Waals surface area contributed by atoms with Gasteiger partial charge in [-0.15, -0.1) is 0 Å². The highest BCUT2D eigenvalue weighted by Crippen LogP contribution is 2.20. The molecule has 0 aliphatic heterocycles. The van der Waals surface area contributed by atoms with Crippen LogP contribution in [0, 0.1) is 6.92 Å². The van der Waals surface area contributed by atoms with E-state index in [-0.39, 0.29) is 0 Å². The van der Waals surface area contributed by atoms with Crippen LogP contribution in [0.15, 0.2) is 6.20 Å². The van der Waals surface area contributed by atoms with Gasteiger partial charge in [0.1, 0.15) is 6.04 Å². The Morgan fingerprint density at radius 1 is 1.64 bits per heavy atom. The molecular formula is C9H15N3O2. The number of likely N-dealkylation sites (N-methyl/N-ethyl adjacent to an activating group) is 1. The number of carboxylic acid groups (broad SMARTS) is 1. The van der Waals surface area contributed by atoms with Gasteiger partial charge in [0.05, 0.1) is 5.69 Å². The van der Waals surface area contributed by atoms with Crippen molar-refractivity contribution in [2.75, 3.05) is 14.1 Å². The van der Waals surface area contributed by atoms with Crippen molar-refractivity contribution >= 4 is 5.97 Å². The van der Waals surface area contributed by atoms with Crippen molar-refractivity contribution in [3.05, 3.63) is 17.5 Å². The third-order valence-electron chi connectivity index (χ3n) is 2.10. The lowest BCUT2D eigenvalue weighted by molar-refractivity contribution is -0.142. The molecule has 1 aromatic rings. The topological polar surface area (TPSA) is 58.4 Å². The molecule has 1 atom stereocenters. The Balaban J connectivity index is 3.11. The predicted molar refractivity (Wildman–Crippen MR) is 52.0 cm³/mol. The monoisotopic (exact) mass is 197 g/mol. The number of carbonyl (C=O) groups is 1. The van der Waals surface area contributed by atoms with Crippen LogP contribution in [0.2, 0.25) is 0 Å². The summed E-state index contributed by atoms with van der Waals surface area (Å²) in [6.07, 6.45) is 1.74. The van der Waals surface area contributed by atoms with Crippen LogP contribution in [0.1, 0.15) is 17.3 Å². The standard InChI is InChI=1S/C9H15N3O2/c1-6-7(5-12(4)10-6)8(9(13)14)11(2)3/h5,8H,1-4H3,(H,13,14). The van der Waals surface area contributed by atoms with Gasteiger partial charge in [0.2, 0.25) is 0 Å². The maximum atomic E-state index is 11.0. The number of rotatable bonds is 3. The number of aromatic nitrogens is 2. The van der Waals surface area contributed by atoms with E-state index in [1.807, 2.05) is 6.92 Å². The van der Waals surface area contributed by atoms with Crippen molar-refractivity contribution in [2.45, 2.75) is 13.0 Å². The molecule has 0 saturated heterocycles. The highest BCUT2D eigenvalue weighted by molar-refractivity contribution is 5.75. The first-order chi connectivity index (χ1) is 6.43. The van der Waals surface area contributed by atoms with E-state index in [2.05, 4.69) is 5.10 Å². The van der Waals surface area contributed by atoms with E-state index in [0.29, 0.717) is 0 Å². The molecular weight excluding hydrogens is 182 g/mol. The van der Waals surface area contributed by atoms with Crippen LogP contribution < -0.4 is 0 Å². The van der Waals surface area contributed by atoms with Crippen molar-refractivity contribution in [1.82, 2.24) is 14.7 Å². The molecule has 0 amide bonds. The molecule has 0 bridgehead atoms. The second-order valence-corrected chi connectivity index (χ2v) is 3.55. The van der Waals surface area contributed by atoms with Gasteiger partial charge in [0.25, 0.3) is 0 Å². The van der Waals surface area contributed by atoms with Gasteiger partial charge in [-0.3, -0.25) is 14.4 Å². The van der Waals surface area contributed by atoms with E-state index in [4.69, 9.17) is 5.11 Å². The molecule has 1 rings (SSSR count). The molecule has 14 heavy (non-hydrogen) atoms. The summed E-state index contributed by atoms with van der Waals surface area (Å²) in [4.78, 5) is 12.7. The van der Waals surface area contributed by atoms with Crippen LogP contribution in [0.25, 0.3) is 0 Å². The molecule has 1 aromatic heterocycles. The smallest absolute Gasteiger partial charge is 0.325 e. The fourth-order valence-corrected chi connectivity index (χ4v) is 1.52. The summed E-state index contributed by atoms with van der Waals surface area (Å²) in [6, 6.07) is -0.622. The highest BCUT2D eigenvalue weighted by atomic mass is 16.4. The van der Waals surface area contributed by atoms with E-state index in [9.17, 15) is 4.79 Å². The minimum Gasteiger partial charge on any atom is -0.480 e. The molecule has 0 aromatic carbocycles. The van der Waals surface area contributed by atoms with E-state index in [1.54, 1.807) is 36.9 Å². The van der Waals surface area contributed by atoms with E-state index >= 15 is 0 Å². The van der Waals surface area contributed by atoms with Crippen molar-refractivity contribution in [3.8, 4) is 0 Å². The van der Waals surface area contributed by atoms with Crippen LogP contribution in [-0.4, -0.2) is 39.9 Å². The zero-order valence-electron chi connectivity index (χ0n) is 8.85. The zero-order chi connectivity index (χ0) is 10.9. The van der Waals surface area contributed by atoms with Crippen LogP contribution in [0.4, 0.5) is 0 Å². The lowest BCUT2D eigenvalue weighted by atomic mass is 10.1. The Morgan fingerprint density at radius 3 is 2.50 bits per heavy atom. The Hall–Kier alpha value is -1.36. The quantitative estimate of drug-likeness (QED) is 0.762. The molecule has 0 fully saturated rings. The van der Waals surface area contributed by atoms with Gasteiger partial charge >= 0.3 is 5.97 Å². The molecule has 1 N–H and O–H groups in total. The molecule has 0 saturated carbocycles. The normalized spacial score (nSPS) is 13.2. The van der Waals surface area contributed by atoms with Crippen LogP contribution in [-0.2, 0) is 11.8 Å². The second kappa shape index (κ2) is 3.79. The first-order valence-corrected chi connectivity index (χ1v) is 4.33. The van der Waals surface area contributed by atoms with Gasteiger partial charge < -0.3 is 5.11 Å². The second-order valence-electron chi connectivity index (χ2n) is 3.55. The van der Waals surface area contributed by atoms with E-state index in [0.717, 1.165) is 11.3 Å². The molecule has 5 heteroatoms. The van der Waals surface area contributed by atoms with Gasteiger partial charge in [-0.25, -0.2) is 0 Å². The minimum atomic E-state index is -0.855. The average Bonchev–Trinajstić information content (AvgIpc) is 2.29. The summed E-state index contributed by atoms with van der Waals surface area (Å²) >= 11 is 0. The lowest BCUT2D eigenvalue weighted by Gasteiger charge is -2.19. The SMILES string of the molecule is Cc1nn(C)cc1C(C(=O)O)N(C)C. The summed E-state index contributed by atoms with van der Waals surface area (Å²) in [7, 11) is 5.27. The van der Waals surface area contributed by atoms with Crippen LogP contribution in [0.3, 0.4) is 0 Å². The van der Waals surface area contributed by atoms with Crippen molar-refractivity contribution in [1.29, 1.82) is 0 Å². The Labute approximate surface area is 82.9 Å². The largest absolute Gasteiger partial charge is 0.480 e. The van der Waals surface area contributed by atoms with E-state index in [1.165, 1.54) is 0 Å². The lowest BCUT2D eigenvalue weighted by Crippen LogP contribution is -2.27. The Bertz CT molecular complexity index is 344. The first-order valence-electron chi connectivity index (χ1n) is 4.33. The summed E-state index contributed by atoms with van der Waals surface area (Å²) in [5.74, 6) is -0.855. The molecule has 0 radical (unpaired) electrons. The molecule has 78 valence electrons. The van der Waals surface area contributed by atoms with Crippen molar-refractivity contribution < 1.29 is 9.90 Å². The summed E-state index contributed by atoms with van der Waals surface area (Å²) < 4.78 is 1.63. The number of hydrogen-bond acceptors (Lipinski definition) is 3. The van der Waals surface area contributed by atoms with Gasteiger partial charge in [0.15, 0.2) is 0 Å². The predicted octanol–water partition coefficient (Wildman–Crippen LogP) is 0.416. The number of aryl methyl sites for hydroxylation is 2. The molecule has 5 nitrogen and oxygen atoms in total. The molecule has 0 spiro atoms. The summed E-state index contributed by atoms with van der Waals surface area (Å²) in [5.41, 5.74) is 1.50. The summed E-state index contributed by atoms with van der Waals surface area (Å²) in [5, 5.41) is 13.2. The van der Waals surface area contributed by atoms with Gasteiger partial charge in [-0.05, 0) is 21.0 Å². The van der Waals surface area contributed by atoms with Crippen LogP contribution >= 0.6 is 0 Å². The number of hydrogen-bond donors (Lipinski definition) is 1. The van der Waals surface area contributed by atoms with E-state index < -0.39 is 12.0 Å². The van der Waals surface area contributed by atoms with Gasteiger partial charge in [-0.2, -0.15) is 5.10 Å². The first kappa shape index (κ1) is 10.7. The minimum absolute atomic E-state index is 0.622. The summed E-state index contributed by atoms with van der Waals surface area (Å²) in [6.45, 7) is 1.81. The Morgan fingerprint density at radius 2 is 2.21 bits per heavy atom. The Kier molecular flexibility index (Phi) is 2.90. The molecule has 1 heterocycles. The number of aliphatic carboxylic acids is 1. The third kappa shape index (κ3) is 1.93. The molecule has 1 unspecified atom stereocenters. The number of carboxylic acids is 1. The molecule has 0 aliphatic carbocycles. The fourth-order valence-electron chi connectivity index (χ4n) is 1.52. The molecule has 0 aliphatic rings. The third-order valence-corrected chi connectivity index (χ3v) is 2.10.